The Morgan fingerprint density at radius 2 is 1.90 bits per heavy atom. The zero-order valence-corrected chi connectivity index (χ0v) is 20.5. The number of rotatable bonds is 6. The molecule has 1 aliphatic rings. The second kappa shape index (κ2) is 11.7. The lowest BCUT2D eigenvalue weighted by Crippen LogP contribution is -2.55. The third-order valence-electron chi connectivity index (χ3n) is 5.00. The molecular formula is C21H35FIN5O. The van der Waals surface area contributed by atoms with E-state index in [1.54, 1.807) is 19.2 Å². The smallest absolute Gasteiger partial charge is 0.234 e. The van der Waals surface area contributed by atoms with Gasteiger partial charge in [-0.1, -0.05) is 26.0 Å². The number of carbonyl (C=O) groups is 1. The van der Waals surface area contributed by atoms with Gasteiger partial charge in [-0.05, 0) is 31.5 Å². The summed E-state index contributed by atoms with van der Waals surface area (Å²) in [6.07, 6.45) is 0. The Bertz CT molecular complexity index is 687. The van der Waals surface area contributed by atoms with E-state index in [0.717, 1.165) is 37.7 Å². The number of halogens is 2. The average molecular weight is 519 g/mol. The van der Waals surface area contributed by atoms with Crippen molar-refractivity contribution in [3.63, 3.8) is 0 Å². The number of amides is 1. The van der Waals surface area contributed by atoms with E-state index in [-0.39, 0.29) is 47.2 Å². The first-order valence-electron chi connectivity index (χ1n) is 9.94. The summed E-state index contributed by atoms with van der Waals surface area (Å²) in [6, 6.07) is 6.92. The second-order valence-corrected chi connectivity index (χ2v) is 8.28. The number of hydrogen-bond acceptors (Lipinski definition) is 3. The van der Waals surface area contributed by atoms with E-state index in [0.29, 0.717) is 13.1 Å². The van der Waals surface area contributed by atoms with Crippen LogP contribution in [0.2, 0.25) is 0 Å². The lowest BCUT2D eigenvalue weighted by Gasteiger charge is -2.37. The number of piperazine rings is 1. The van der Waals surface area contributed by atoms with Gasteiger partial charge in [0, 0.05) is 51.2 Å². The largest absolute Gasteiger partial charge is 0.355 e. The summed E-state index contributed by atoms with van der Waals surface area (Å²) in [5.41, 5.74) is 0.728. The van der Waals surface area contributed by atoms with Gasteiger partial charge in [-0.2, -0.15) is 0 Å². The number of nitrogens with one attached hydrogen (secondary N) is 2. The van der Waals surface area contributed by atoms with Gasteiger partial charge in [0.1, 0.15) is 5.82 Å². The van der Waals surface area contributed by atoms with Crippen molar-refractivity contribution in [1.29, 1.82) is 0 Å². The molecule has 0 radical (unpaired) electrons. The molecule has 1 aromatic rings. The monoisotopic (exact) mass is 519 g/mol. The average Bonchev–Trinajstić information content (AvgIpc) is 2.62. The molecule has 1 saturated heterocycles. The molecule has 2 rings (SSSR count). The van der Waals surface area contributed by atoms with Crippen LogP contribution in [-0.4, -0.2) is 74.0 Å². The molecule has 29 heavy (non-hydrogen) atoms. The van der Waals surface area contributed by atoms with Crippen molar-refractivity contribution in [3.05, 3.63) is 35.6 Å². The number of hydrogen-bond donors (Lipinski definition) is 2. The zero-order chi connectivity index (χ0) is 20.7. The predicted molar refractivity (Wildman–Crippen MR) is 127 cm³/mol. The molecule has 1 heterocycles. The van der Waals surface area contributed by atoms with E-state index in [1.165, 1.54) is 6.07 Å². The maximum atomic E-state index is 13.6. The van der Waals surface area contributed by atoms with Crippen molar-refractivity contribution in [1.82, 2.24) is 20.4 Å². The van der Waals surface area contributed by atoms with Crippen LogP contribution in [-0.2, 0) is 10.2 Å². The lowest BCUT2D eigenvalue weighted by molar-refractivity contribution is -0.123. The van der Waals surface area contributed by atoms with E-state index in [4.69, 9.17) is 0 Å². The molecule has 2 N–H and O–H groups in total. The molecule has 0 bridgehead atoms. The van der Waals surface area contributed by atoms with E-state index in [9.17, 15) is 9.18 Å². The fourth-order valence-electron chi connectivity index (χ4n) is 3.33. The highest BCUT2D eigenvalue weighted by Gasteiger charge is 2.25. The van der Waals surface area contributed by atoms with Crippen LogP contribution in [0.15, 0.2) is 29.3 Å². The lowest BCUT2D eigenvalue weighted by atomic mass is 9.84. The van der Waals surface area contributed by atoms with Crippen LogP contribution in [0.1, 0.15) is 33.3 Å². The zero-order valence-electron chi connectivity index (χ0n) is 18.2. The normalized spacial score (nSPS) is 15.8. The van der Waals surface area contributed by atoms with Gasteiger partial charge in [0.15, 0.2) is 5.96 Å². The Morgan fingerprint density at radius 1 is 1.24 bits per heavy atom. The highest BCUT2D eigenvalue weighted by atomic mass is 127. The second-order valence-electron chi connectivity index (χ2n) is 8.28. The molecule has 1 fully saturated rings. The molecule has 1 amide bonds. The van der Waals surface area contributed by atoms with E-state index < -0.39 is 0 Å². The number of nitrogens with zero attached hydrogens (tertiary/aromatic N) is 3. The Morgan fingerprint density at radius 3 is 2.45 bits per heavy atom. The van der Waals surface area contributed by atoms with Gasteiger partial charge in [0.25, 0.3) is 0 Å². The number of carbonyl (C=O) groups excluding carboxylic acids is 1. The molecule has 0 atom stereocenters. The number of guanidine groups is 1. The topological polar surface area (TPSA) is 60.0 Å². The molecule has 0 unspecified atom stereocenters. The van der Waals surface area contributed by atoms with Gasteiger partial charge in [0.2, 0.25) is 5.91 Å². The van der Waals surface area contributed by atoms with Crippen molar-refractivity contribution < 1.29 is 9.18 Å². The summed E-state index contributed by atoms with van der Waals surface area (Å²) in [6.45, 7) is 12.5. The van der Waals surface area contributed by atoms with Crippen LogP contribution >= 0.6 is 24.0 Å². The molecule has 0 spiro atoms. The van der Waals surface area contributed by atoms with Gasteiger partial charge in [-0.15, -0.1) is 24.0 Å². The van der Waals surface area contributed by atoms with E-state index >= 15 is 0 Å². The van der Waals surface area contributed by atoms with Crippen molar-refractivity contribution in [2.75, 3.05) is 46.3 Å². The summed E-state index contributed by atoms with van der Waals surface area (Å²) < 4.78 is 13.6. The third kappa shape index (κ3) is 8.08. The highest BCUT2D eigenvalue weighted by molar-refractivity contribution is 14.0. The van der Waals surface area contributed by atoms with Gasteiger partial charge in [0.05, 0.1) is 6.54 Å². The van der Waals surface area contributed by atoms with Crippen LogP contribution in [0.5, 0.6) is 0 Å². The van der Waals surface area contributed by atoms with Crippen molar-refractivity contribution in [3.8, 4) is 0 Å². The minimum Gasteiger partial charge on any atom is -0.355 e. The molecule has 164 valence electrons. The molecule has 0 saturated carbocycles. The fourth-order valence-corrected chi connectivity index (χ4v) is 3.33. The summed E-state index contributed by atoms with van der Waals surface area (Å²) in [7, 11) is 1.78. The van der Waals surface area contributed by atoms with Crippen LogP contribution in [0.25, 0.3) is 0 Å². The molecular weight excluding hydrogens is 484 g/mol. The van der Waals surface area contributed by atoms with Gasteiger partial charge >= 0.3 is 0 Å². The van der Waals surface area contributed by atoms with Gasteiger partial charge < -0.3 is 15.5 Å². The first-order chi connectivity index (χ1) is 13.2. The minimum absolute atomic E-state index is 0. The fraction of sp³-hybridized carbons (Fsp3) is 0.619. The summed E-state index contributed by atoms with van der Waals surface area (Å²) in [5, 5.41) is 6.37. The summed E-state index contributed by atoms with van der Waals surface area (Å²) in [4.78, 5) is 20.7. The SMILES string of the molecule is CN=C(NCC(C)(C)c1cccc(F)c1)N1CCN(CC(=O)NC(C)C)CC1.I. The van der Waals surface area contributed by atoms with Crippen LogP contribution in [0, 0.1) is 5.82 Å². The van der Waals surface area contributed by atoms with Crippen LogP contribution < -0.4 is 10.6 Å². The number of benzene rings is 1. The Hall–Kier alpha value is -1.42. The molecule has 6 nitrogen and oxygen atoms in total. The summed E-state index contributed by atoms with van der Waals surface area (Å²) in [5.74, 6) is 0.700. The van der Waals surface area contributed by atoms with Gasteiger partial charge in [-0.3, -0.25) is 14.7 Å². The number of aliphatic imine (C=N–C) groups is 1. The molecule has 0 aliphatic carbocycles. The van der Waals surface area contributed by atoms with Crippen LogP contribution in [0.3, 0.4) is 0 Å². The maximum absolute atomic E-state index is 13.6. The van der Waals surface area contributed by atoms with Gasteiger partial charge in [-0.25, -0.2) is 4.39 Å². The third-order valence-corrected chi connectivity index (χ3v) is 5.00. The first kappa shape index (κ1) is 25.6. The first-order valence-corrected chi connectivity index (χ1v) is 9.94. The van der Waals surface area contributed by atoms with Crippen molar-refractivity contribution in [2.24, 2.45) is 4.99 Å². The summed E-state index contributed by atoms with van der Waals surface area (Å²) >= 11 is 0. The van der Waals surface area contributed by atoms with Crippen molar-refractivity contribution >= 4 is 35.8 Å². The molecule has 0 aromatic heterocycles. The molecule has 1 aromatic carbocycles. The molecule has 8 heteroatoms. The quantitative estimate of drug-likeness (QED) is 0.345. The highest BCUT2D eigenvalue weighted by Crippen LogP contribution is 2.23. The van der Waals surface area contributed by atoms with Crippen LogP contribution in [0.4, 0.5) is 4.39 Å². The Kier molecular flexibility index (Phi) is 10.3. The standard InChI is InChI=1S/C21H34FN5O.HI/c1-16(2)25-19(28)14-26-9-11-27(12-10-26)20(23-5)24-15-21(3,4)17-7-6-8-18(22)13-17;/h6-8,13,16H,9-12,14-15H2,1-5H3,(H,23,24)(H,25,28);1H. The van der Waals surface area contributed by atoms with E-state index in [1.807, 2.05) is 19.9 Å². The Balaban J connectivity index is 0.00000420. The van der Waals surface area contributed by atoms with Crippen molar-refractivity contribution in [2.45, 2.75) is 39.2 Å². The predicted octanol–water partition coefficient (Wildman–Crippen LogP) is 2.44. The maximum Gasteiger partial charge on any atom is 0.234 e. The van der Waals surface area contributed by atoms with E-state index in [2.05, 4.69) is 39.3 Å². The Labute approximate surface area is 191 Å². The minimum atomic E-state index is -0.227. The molecule has 1 aliphatic heterocycles.